The molecule has 1 aliphatic rings. The summed E-state index contributed by atoms with van der Waals surface area (Å²) in [6, 6.07) is 10.8. The molecule has 0 amide bonds. The van der Waals surface area contributed by atoms with Crippen LogP contribution in [0.1, 0.15) is 56.2 Å². The first kappa shape index (κ1) is 24.3. The molecule has 1 aliphatic heterocycles. The second-order valence-electron chi connectivity index (χ2n) is 8.59. The van der Waals surface area contributed by atoms with Gasteiger partial charge in [-0.2, -0.15) is 0 Å². The number of methoxy groups -OCH3 is 1. The van der Waals surface area contributed by atoms with Gasteiger partial charge in [0.25, 0.3) is 0 Å². The highest BCUT2D eigenvalue weighted by Gasteiger charge is 2.25. The van der Waals surface area contributed by atoms with Crippen molar-refractivity contribution in [3.8, 4) is 11.5 Å². The molecule has 0 spiro atoms. The van der Waals surface area contributed by atoms with Crippen LogP contribution in [-0.4, -0.2) is 43.4 Å². The van der Waals surface area contributed by atoms with E-state index in [0.29, 0.717) is 24.0 Å². The molecule has 174 valence electrons. The van der Waals surface area contributed by atoms with Gasteiger partial charge in [-0.25, -0.2) is 4.39 Å². The van der Waals surface area contributed by atoms with E-state index in [1.165, 1.54) is 17.7 Å². The Morgan fingerprint density at radius 1 is 1.12 bits per heavy atom. The summed E-state index contributed by atoms with van der Waals surface area (Å²) in [7, 11) is 1.69. The van der Waals surface area contributed by atoms with Gasteiger partial charge in [-0.15, -0.1) is 12.4 Å². The Kier molecular flexibility index (Phi) is 8.38. The van der Waals surface area contributed by atoms with E-state index in [4.69, 9.17) is 14.0 Å². The highest BCUT2D eigenvalue weighted by Crippen LogP contribution is 2.33. The minimum absolute atomic E-state index is 0. The zero-order valence-electron chi connectivity index (χ0n) is 19.0. The molecule has 0 N–H and O–H groups in total. The van der Waals surface area contributed by atoms with E-state index >= 15 is 0 Å². The first-order chi connectivity index (χ1) is 15.0. The molecule has 3 aromatic rings. The number of aromatic nitrogens is 1. The van der Waals surface area contributed by atoms with Crippen LogP contribution in [0.15, 0.2) is 40.9 Å². The number of hydrogen-bond acceptors (Lipinski definition) is 5. The van der Waals surface area contributed by atoms with Crippen LogP contribution in [0.4, 0.5) is 4.39 Å². The average molecular weight is 463 g/mol. The molecule has 7 heteroatoms. The van der Waals surface area contributed by atoms with E-state index in [0.717, 1.165) is 61.5 Å². The molecule has 0 radical (unpaired) electrons. The summed E-state index contributed by atoms with van der Waals surface area (Å²) >= 11 is 0. The lowest BCUT2D eigenvalue weighted by Crippen LogP contribution is -2.34. The van der Waals surface area contributed by atoms with Crippen molar-refractivity contribution in [1.82, 2.24) is 10.1 Å². The summed E-state index contributed by atoms with van der Waals surface area (Å²) in [5, 5.41) is 5.17. The normalized spacial score (nSPS) is 15.2. The van der Waals surface area contributed by atoms with Crippen LogP contribution >= 0.6 is 12.4 Å². The summed E-state index contributed by atoms with van der Waals surface area (Å²) in [5.41, 5.74) is 2.75. The van der Waals surface area contributed by atoms with Gasteiger partial charge in [0, 0.05) is 23.9 Å². The standard InChI is InChI=1S/C25H31FN2O3.ClH/c1-17(2)19-5-8-22(24(15-19)29-3)30-14-4-11-28-12-9-18(10-13-28)25-21-7-6-20(26)16-23(21)31-27-25;/h5-8,15-18H,4,9-14H2,1-3H3;1H. The van der Waals surface area contributed by atoms with E-state index in [-0.39, 0.29) is 18.2 Å². The zero-order valence-corrected chi connectivity index (χ0v) is 19.8. The largest absolute Gasteiger partial charge is 0.493 e. The summed E-state index contributed by atoms with van der Waals surface area (Å²) in [5.74, 6) is 2.14. The molecule has 32 heavy (non-hydrogen) atoms. The second kappa shape index (κ2) is 11.0. The van der Waals surface area contributed by atoms with Gasteiger partial charge in [0.1, 0.15) is 5.82 Å². The number of ether oxygens (including phenoxy) is 2. The van der Waals surface area contributed by atoms with Gasteiger partial charge < -0.3 is 18.9 Å². The van der Waals surface area contributed by atoms with Crippen molar-refractivity contribution in [2.24, 2.45) is 0 Å². The van der Waals surface area contributed by atoms with Gasteiger partial charge >= 0.3 is 0 Å². The van der Waals surface area contributed by atoms with E-state index in [2.05, 4.69) is 36.0 Å². The van der Waals surface area contributed by atoms with Crippen LogP contribution in [0, 0.1) is 5.82 Å². The fraction of sp³-hybridized carbons (Fsp3) is 0.480. The number of piperidine rings is 1. The molecule has 5 nitrogen and oxygen atoms in total. The molecule has 1 saturated heterocycles. The fourth-order valence-corrected chi connectivity index (χ4v) is 4.29. The van der Waals surface area contributed by atoms with Gasteiger partial charge in [0.2, 0.25) is 0 Å². The lowest BCUT2D eigenvalue weighted by atomic mass is 9.91. The molecular formula is C25H32ClFN2O3. The Hall–Kier alpha value is -2.31. The lowest BCUT2D eigenvalue weighted by molar-refractivity contribution is 0.189. The molecule has 2 heterocycles. The third-order valence-electron chi connectivity index (χ3n) is 6.17. The van der Waals surface area contributed by atoms with Crippen LogP contribution in [0.3, 0.4) is 0 Å². The van der Waals surface area contributed by atoms with Crippen LogP contribution in [0.25, 0.3) is 11.0 Å². The number of halogens is 2. The van der Waals surface area contributed by atoms with Crippen LogP contribution in [0.2, 0.25) is 0 Å². The lowest BCUT2D eigenvalue weighted by Gasteiger charge is -2.31. The first-order valence-electron chi connectivity index (χ1n) is 11.1. The van der Waals surface area contributed by atoms with E-state index in [1.807, 2.05) is 6.07 Å². The van der Waals surface area contributed by atoms with Crippen LogP contribution in [-0.2, 0) is 0 Å². The van der Waals surface area contributed by atoms with E-state index in [1.54, 1.807) is 13.2 Å². The third kappa shape index (κ3) is 5.54. The van der Waals surface area contributed by atoms with Gasteiger partial charge in [-0.3, -0.25) is 0 Å². The maximum Gasteiger partial charge on any atom is 0.170 e. The molecule has 0 atom stereocenters. The highest BCUT2D eigenvalue weighted by molar-refractivity contribution is 5.85. The van der Waals surface area contributed by atoms with Gasteiger partial charge in [0.15, 0.2) is 17.1 Å². The zero-order chi connectivity index (χ0) is 21.8. The molecule has 0 unspecified atom stereocenters. The smallest absolute Gasteiger partial charge is 0.170 e. The average Bonchev–Trinajstić information content (AvgIpc) is 3.20. The third-order valence-corrected chi connectivity index (χ3v) is 6.17. The van der Waals surface area contributed by atoms with Gasteiger partial charge in [0.05, 0.1) is 19.4 Å². The Morgan fingerprint density at radius 3 is 2.62 bits per heavy atom. The van der Waals surface area contributed by atoms with Crippen molar-refractivity contribution < 1.29 is 18.4 Å². The van der Waals surface area contributed by atoms with Crippen molar-refractivity contribution in [1.29, 1.82) is 0 Å². The molecule has 4 rings (SSSR count). The predicted molar refractivity (Wildman–Crippen MR) is 127 cm³/mol. The first-order valence-corrected chi connectivity index (χ1v) is 11.1. The Labute approximate surface area is 195 Å². The van der Waals surface area contributed by atoms with E-state index in [9.17, 15) is 4.39 Å². The number of nitrogens with zero attached hydrogens (tertiary/aromatic N) is 2. The van der Waals surface area contributed by atoms with Gasteiger partial charge in [-0.1, -0.05) is 25.1 Å². The van der Waals surface area contributed by atoms with Crippen molar-refractivity contribution in [3.63, 3.8) is 0 Å². The molecule has 1 aromatic heterocycles. The number of hydrogen-bond donors (Lipinski definition) is 0. The molecule has 0 aliphatic carbocycles. The minimum Gasteiger partial charge on any atom is -0.493 e. The molecule has 0 saturated carbocycles. The summed E-state index contributed by atoms with van der Waals surface area (Å²) in [6.07, 6.45) is 3.03. The monoisotopic (exact) mass is 462 g/mol. The molecule has 0 bridgehead atoms. The number of benzene rings is 2. The molecule has 2 aromatic carbocycles. The van der Waals surface area contributed by atoms with Crippen molar-refractivity contribution >= 4 is 23.4 Å². The molecular weight excluding hydrogens is 431 g/mol. The van der Waals surface area contributed by atoms with Crippen molar-refractivity contribution in [2.45, 2.75) is 44.9 Å². The second-order valence-corrected chi connectivity index (χ2v) is 8.59. The molecule has 1 fully saturated rings. The SMILES string of the molecule is COc1cc(C(C)C)ccc1OCCCN1CCC(c2noc3cc(F)ccc23)CC1.Cl. The Morgan fingerprint density at radius 2 is 1.91 bits per heavy atom. The highest BCUT2D eigenvalue weighted by atomic mass is 35.5. The predicted octanol–water partition coefficient (Wildman–Crippen LogP) is 6.17. The van der Waals surface area contributed by atoms with Crippen LogP contribution in [0.5, 0.6) is 11.5 Å². The maximum atomic E-state index is 13.4. The summed E-state index contributed by atoms with van der Waals surface area (Å²) in [4.78, 5) is 2.47. The van der Waals surface area contributed by atoms with E-state index < -0.39 is 0 Å². The number of rotatable bonds is 8. The number of likely N-dealkylation sites (tertiary alicyclic amines) is 1. The quantitative estimate of drug-likeness (QED) is 0.374. The number of fused-ring (bicyclic) bond motifs is 1. The van der Waals surface area contributed by atoms with Crippen molar-refractivity contribution in [3.05, 3.63) is 53.5 Å². The summed E-state index contributed by atoms with van der Waals surface area (Å²) < 4.78 is 30.2. The Balaban J connectivity index is 0.00000289. The topological polar surface area (TPSA) is 47.7 Å². The van der Waals surface area contributed by atoms with Gasteiger partial charge in [-0.05, 0) is 68.1 Å². The maximum absolute atomic E-state index is 13.4. The van der Waals surface area contributed by atoms with Crippen LogP contribution < -0.4 is 9.47 Å². The summed E-state index contributed by atoms with van der Waals surface area (Å²) in [6.45, 7) is 8.05. The Bertz CT molecular complexity index is 1020. The fourth-order valence-electron chi connectivity index (χ4n) is 4.29. The minimum atomic E-state index is -0.291. The van der Waals surface area contributed by atoms with Crippen molar-refractivity contribution in [2.75, 3.05) is 33.4 Å².